The van der Waals surface area contributed by atoms with E-state index >= 15 is 0 Å². The Labute approximate surface area is 89.2 Å². The second-order valence-electron chi connectivity index (χ2n) is 2.37. The maximum Gasteiger partial charge on any atom is 0.438 e. The van der Waals surface area contributed by atoms with E-state index in [1.807, 2.05) is 0 Å². The van der Waals surface area contributed by atoms with Gasteiger partial charge in [0.2, 0.25) is 0 Å². The van der Waals surface area contributed by atoms with Crippen LogP contribution in [0.1, 0.15) is 6.92 Å². The van der Waals surface area contributed by atoms with Gasteiger partial charge in [-0.05, 0) is 6.92 Å². The Bertz CT molecular complexity index is 258. The minimum absolute atomic E-state index is 0.0484. The van der Waals surface area contributed by atoms with Crippen molar-refractivity contribution >= 4 is 13.3 Å². The molecular formula is C9H15O5P. The summed E-state index contributed by atoms with van der Waals surface area (Å²) in [5.74, 6) is 0. The molecule has 0 aromatic heterocycles. The van der Waals surface area contributed by atoms with Crippen molar-refractivity contribution in [3.63, 3.8) is 0 Å². The second-order valence-corrected chi connectivity index (χ2v) is 4.24. The van der Waals surface area contributed by atoms with Crippen LogP contribution in [0.3, 0.4) is 0 Å². The third-order valence-electron chi connectivity index (χ3n) is 1.22. The topological polar surface area (TPSA) is 61.8 Å². The van der Waals surface area contributed by atoms with Crippen LogP contribution in [-0.4, -0.2) is 25.5 Å². The van der Waals surface area contributed by atoms with E-state index in [9.17, 15) is 9.36 Å². The smallest absolute Gasteiger partial charge is 0.438 e. The van der Waals surface area contributed by atoms with Gasteiger partial charge in [-0.15, -0.1) is 13.2 Å². The van der Waals surface area contributed by atoms with Gasteiger partial charge in [-0.25, -0.2) is 9.36 Å². The van der Waals surface area contributed by atoms with Crippen LogP contribution in [0.2, 0.25) is 0 Å². The van der Waals surface area contributed by atoms with Gasteiger partial charge in [0.05, 0.1) is 19.8 Å². The number of hydrogen-bond donors (Lipinski definition) is 0. The predicted molar refractivity (Wildman–Crippen MR) is 56.9 cm³/mol. The third-order valence-corrected chi connectivity index (χ3v) is 2.77. The van der Waals surface area contributed by atoms with E-state index in [2.05, 4.69) is 17.9 Å². The first-order chi connectivity index (χ1) is 7.10. The van der Waals surface area contributed by atoms with Crippen LogP contribution < -0.4 is 0 Å². The Balaban J connectivity index is 4.51. The molecule has 0 radical (unpaired) electrons. The van der Waals surface area contributed by atoms with Gasteiger partial charge < -0.3 is 4.74 Å². The van der Waals surface area contributed by atoms with Crippen LogP contribution in [0.25, 0.3) is 0 Å². The normalized spacial score (nSPS) is 10.7. The van der Waals surface area contributed by atoms with E-state index in [0.29, 0.717) is 0 Å². The molecule has 0 unspecified atom stereocenters. The van der Waals surface area contributed by atoms with Gasteiger partial charge in [-0.1, -0.05) is 12.2 Å². The summed E-state index contributed by atoms with van der Waals surface area (Å²) >= 11 is 0. The van der Waals surface area contributed by atoms with Crippen LogP contribution in [-0.2, 0) is 18.3 Å². The monoisotopic (exact) mass is 234 g/mol. The Morgan fingerprint density at radius 3 is 2.07 bits per heavy atom. The standard InChI is InChI=1S/C9H15O5P/c1-4-7-13-15(11,14-8-5-2)9(10)12-6-3/h4-5H,1-2,6-8H2,3H3. The number of hydrogen-bond acceptors (Lipinski definition) is 5. The molecule has 15 heavy (non-hydrogen) atoms. The molecule has 0 aromatic carbocycles. The number of carbonyl (C=O) groups excluding carboxylic acids is 1. The number of carbonyl (C=O) groups is 1. The molecule has 0 aliphatic carbocycles. The molecular weight excluding hydrogens is 219 g/mol. The fourth-order valence-electron chi connectivity index (χ4n) is 0.647. The molecule has 0 aliphatic heterocycles. The van der Waals surface area contributed by atoms with Gasteiger partial charge in [-0.2, -0.15) is 0 Å². The van der Waals surface area contributed by atoms with Crippen LogP contribution in [0.5, 0.6) is 0 Å². The lowest BCUT2D eigenvalue weighted by atomic mass is 10.7. The largest absolute Gasteiger partial charge is 0.457 e. The molecule has 0 aromatic rings. The third kappa shape index (κ3) is 4.93. The molecule has 5 nitrogen and oxygen atoms in total. The maximum atomic E-state index is 11.8. The van der Waals surface area contributed by atoms with Crippen LogP contribution in [0.4, 0.5) is 4.79 Å². The van der Waals surface area contributed by atoms with Gasteiger partial charge in [-0.3, -0.25) is 9.05 Å². The summed E-state index contributed by atoms with van der Waals surface area (Å²) in [6, 6.07) is 0. The SMILES string of the molecule is C=CCOP(=O)(OCC=C)C(=O)OCC. The first-order valence-electron chi connectivity index (χ1n) is 4.39. The van der Waals surface area contributed by atoms with Gasteiger partial charge >= 0.3 is 13.3 Å². The van der Waals surface area contributed by atoms with Crippen molar-refractivity contribution in [1.82, 2.24) is 0 Å². The van der Waals surface area contributed by atoms with E-state index in [1.54, 1.807) is 6.92 Å². The van der Waals surface area contributed by atoms with E-state index in [4.69, 9.17) is 9.05 Å². The summed E-state index contributed by atoms with van der Waals surface area (Å²) in [6.07, 6.45) is 2.73. The fourth-order valence-corrected chi connectivity index (χ4v) is 1.82. The summed E-state index contributed by atoms with van der Waals surface area (Å²) in [4.78, 5) is 11.3. The highest BCUT2D eigenvalue weighted by molar-refractivity contribution is 7.71. The Hall–Kier alpha value is -0.900. The van der Waals surface area contributed by atoms with Crippen LogP contribution >= 0.6 is 7.60 Å². The maximum absolute atomic E-state index is 11.8. The first kappa shape index (κ1) is 14.1. The van der Waals surface area contributed by atoms with E-state index in [-0.39, 0.29) is 19.8 Å². The van der Waals surface area contributed by atoms with Gasteiger partial charge in [0.25, 0.3) is 0 Å². The van der Waals surface area contributed by atoms with Crippen molar-refractivity contribution in [2.45, 2.75) is 6.92 Å². The molecule has 6 heteroatoms. The number of ether oxygens (including phenoxy) is 1. The zero-order valence-corrected chi connectivity index (χ0v) is 9.57. The quantitative estimate of drug-likeness (QED) is 0.477. The van der Waals surface area contributed by atoms with E-state index < -0.39 is 13.3 Å². The minimum atomic E-state index is -3.86. The molecule has 0 spiro atoms. The molecule has 0 aliphatic rings. The van der Waals surface area contributed by atoms with Crippen molar-refractivity contribution < 1.29 is 23.1 Å². The molecule has 0 amide bonds. The summed E-state index contributed by atoms with van der Waals surface area (Å²) in [5, 5.41) is 0. The highest BCUT2D eigenvalue weighted by Crippen LogP contribution is 2.49. The molecule has 0 N–H and O–H groups in total. The highest BCUT2D eigenvalue weighted by Gasteiger charge is 2.36. The Kier molecular flexibility index (Phi) is 6.96. The van der Waals surface area contributed by atoms with Crippen molar-refractivity contribution in [3.8, 4) is 0 Å². The first-order valence-corrected chi connectivity index (χ1v) is 5.93. The lowest BCUT2D eigenvalue weighted by Crippen LogP contribution is -2.09. The molecule has 0 saturated carbocycles. The summed E-state index contributed by atoms with van der Waals surface area (Å²) < 4.78 is 26.0. The lowest BCUT2D eigenvalue weighted by Gasteiger charge is -2.14. The van der Waals surface area contributed by atoms with E-state index in [0.717, 1.165) is 0 Å². The van der Waals surface area contributed by atoms with Gasteiger partial charge in [0.1, 0.15) is 0 Å². The Morgan fingerprint density at radius 2 is 1.73 bits per heavy atom. The molecule has 0 saturated heterocycles. The molecule has 86 valence electrons. The summed E-state index contributed by atoms with van der Waals surface area (Å²) in [7, 11) is -3.86. The average Bonchev–Trinajstić information content (AvgIpc) is 2.24. The molecule has 0 heterocycles. The predicted octanol–water partition coefficient (Wildman–Crippen LogP) is 2.74. The molecule has 0 rings (SSSR count). The molecule has 0 fully saturated rings. The lowest BCUT2D eigenvalue weighted by molar-refractivity contribution is 0.156. The van der Waals surface area contributed by atoms with Gasteiger partial charge in [0.15, 0.2) is 0 Å². The zero-order valence-electron chi connectivity index (χ0n) is 8.68. The molecule has 0 bridgehead atoms. The average molecular weight is 234 g/mol. The van der Waals surface area contributed by atoms with E-state index in [1.165, 1.54) is 12.2 Å². The van der Waals surface area contributed by atoms with Crippen molar-refractivity contribution in [2.24, 2.45) is 0 Å². The molecule has 0 atom stereocenters. The second kappa shape index (κ2) is 7.40. The fraction of sp³-hybridized carbons (Fsp3) is 0.444. The number of rotatable bonds is 8. The van der Waals surface area contributed by atoms with Crippen molar-refractivity contribution in [2.75, 3.05) is 19.8 Å². The zero-order chi connectivity index (χ0) is 11.7. The summed E-state index contributed by atoms with van der Waals surface area (Å²) in [5.41, 5.74) is -0.992. The summed E-state index contributed by atoms with van der Waals surface area (Å²) in [6.45, 7) is 8.36. The minimum Gasteiger partial charge on any atom is -0.457 e. The Morgan fingerprint density at radius 1 is 1.27 bits per heavy atom. The van der Waals surface area contributed by atoms with Crippen molar-refractivity contribution in [3.05, 3.63) is 25.3 Å². The van der Waals surface area contributed by atoms with Crippen molar-refractivity contribution in [1.29, 1.82) is 0 Å². The van der Waals surface area contributed by atoms with Crippen LogP contribution in [0.15, 0.2) is 25.3 Å². The van der Waals surface area contributed by atoms with Crippen LogP contribution in [0, 0.1) is 0 Å². The highest BCUT2D eigenvalue weighted by atomic mass is 31.2. The van der Waals surface area contributed by atoms with Gasteiger partial charge in [0, 0.05) is 0 Å².